The van der Waals surface area contributed by atoms with E-state index in [4.69, 9.17) is 4.98 Å². The molecular formula is C31H33N. The van der Waals surface area contributed by atoms with E-state index < -0.39 is 0 Å². The van der Waals surface area contributed by atoms with Crippen LogP contribution in [0.25, 0.3) is 11.3 Å². The number of nitrogens with zero attached hydrogens (tertiary/aromatic N) is 1. The fraction of sp³-hybridized carbons (Fsp3) is 0.258. The van der Waals surface area contributed by atoms with Crippen molar-refractivity contribution >= 4 is 0 Å². The largest absolute Gasteiger partial charge is 0.252 e. The molecule has 3 aromatic carbocycles. The number of aryl methyl sites for hydroxylation is 2. The lowest BCUT2D eigenvalue weighted by Gasteiger charge is -2.22. The Labute approximate surface area is 193 Å². The third-order valence-electron chi connectivity index (χ3n) is 6.22. The molecule has 0 bridgehead atoms. The van der Waals surface area contributed by atoms with E-state index in [9.17, 15) is 0 Å². The van der Waals surface area contributed by atoms with Crippen molar-refractivity contribution < 1.29 is 0 Å². The molecule has 0 spiro atoms. The molecule has 0 saturated carbocycles. The molecule has 0 aliphatic rings. The second kappa shape index (κ2) is 10.9. The summed E-state index contributed by atoms with van der Waals surface area (Å²) in [5.74, 6) is 0.230. The van der Waals surface area contributed by atoms with Crippen molar-refractivity contribution in [3.05, 3.63) is 125 Å². The molecular weight excluding hydrogens is 386 g/mol. The standard InChI is InChI=1S/C31H33N/c1-3-13-24-19-11-20-25(14-4-2)28(24)23-29(26-15-7-5-8-16-26)31-22-12-21-30(32-31)27-17-9-6-10-18-27/h5-12,15-22,29H,3-4,13-14,23H2,1-2H3. The number of pyridine rings is 1. The van der Waals surface area contributed by atoms with Crippen molar-refractivity contribution in [3.63, 3.8) is 0 Å². The lowest BCUT2D eigenvalue weighted by molar-refractivity contribution is 0.747. The second-order valence-electron chi connectivity index (χ2n) is 8.54. The number of hydrogen-bond donors (Lipinski definition) is 0. The average Bonchev–Trinajstić information content (AvgIpc) is 2.85. The summed E-state index contributed by atoms with van der Waals surface area (Å²) in [5, 5.41) is 0. The van der Waals surface area contributed by atoms with E-state index in [0.717, 1.165) is 30.7 Å². The minimum atomic E-state index is 0.230. The Balaban J connectivity index is 1.79. The van der Waals surface area contributed by atoms with E-state index in [0.29, 0.717) is 0 Å². The van der Waals surface area contributed by atoms with E-state index in [1.54, 1.807) is 0 Å². The number of benzene rings is 3. The molecule has 1 heterocycles. The van der Waals surface area contributed by atoms with E-state index in [1.165, 1.54) is 40.7 Å². The molecule has 1 unspecified atom stereocenters. The molecule has 0 radical (unpaired) electrons. The van der Waals surface area contributed by atoms with Crippen LogP contribution in [0.4, 0.5) is 0 Å². The number of hydrogen-bond acceptors (Lipinski definition) is 1. The Hall–Kier alpha value is -3.19. The van der Waals surface area contributed by atoms with Crippen LogP contribution >= 0.6 is 0 Å². The van der Waals surface area contributed by atoms with Gasteiger partial charge in [0.1, 0.15) is 0 Å². The van der Waals surface area contributed by atoms with E-state index in [1.807, 2.05) is 0 Å². The summed E-state index contributed by atoms with van der Waals surface area (Å²) in [5.41, 5.74) is 9.21. The lowest BCUT2D eigenvalue weighted by atomic mass is 9.83. The van der Waals surface area contributed by atoms with E-state index in [-0.39, 0.29) is 5.92 Å². The van der Waals surface area contributed by atoms with Gasteiger partial charge in [-0.1, -0.05) is 112 Å². The van der Waals surface area contributed by atoms with E-state index >= 15 is 0 Å². The molecule has 162 valence electrons. The molecule has 0 saturated heterocycles. The fourth-order valence-corrected chi connectivity index (χ4v) is 4.66. The maximum Gasteiger partial charge on any atom is 0.0705 e. The van der Waals surface area contributed by atoms with Gasteiger partial charge in [-0.2, -0.15) is 0 Å². The first-order valence-corrected chi connectivity index (χ1v) is 12.0. The third kappa shape index (κ3) is 5.16. The Kier molecular flexibility index (Phi) is 7.51. The molecule has 4 aromatic rings. The highest BCUT2D eigenvalue weighted by molar-refractivity contribution is 5.59. The Bertz CT molecular complexity index is 1090. The lowest BCUT2D eigenvalue weighted by Crippen LogP contribution is -2.11. The summed E-state index contributed by atoms with van der Waals surface area (Å²) >= 11 is 0. The monoisotopic (exact) mass is 419 g/mol. The van der Waals surface area contributed by atoms with Gasteiger partial charge in [0.2, 0.25) is 0 Å². The molecule has 0 N–H and O–H groups in total. The Morgan fingerprint density at radius 3 is 1.84 bits per heavy atom. The summed E-state index contributed by atoms with van der Waals surface area (Å²) in [6.45, 7) is 4.55. The Morgan fingerprint density at radius 2 is 1.22 bits per heavy atom. The molecule has 0 amide bonds. The van der Waals surface area contributed by atoms with Crippen molar-refractivity contribution in [1.29, 1.82) is 0 Å². The predicted molar refractivity (Wildman–Crippen MR) is 136 cm³/mol. The van der Waals surface area contributed by atoms with Crippen LogP contribution < -0.4 is 0 Å². The molecule has 4 rings (SSSR count). The summed E-state index contributed by atoms with van der Waals surface area (Å²) in [6, 6.07) is 34.8. The van der Waals surface area contributed by atoms with Gasteiger partial charge in [0.15, 0.2) is 0 Å². The van der Waals surface area contributed by atoms with Gasteiger partial charge in [0.05, 0.1) is 5.69 Å². The molecule has 0 aliphatic carbocycles. The summed E-state index contributed by atoms with van der Waals surface area (Å²) < 4.78 is 0. The third-order valence-corrected chi connectivity index (χ3v) is 6.22. The zero-order chi connectivity index (χ0) is 22.2. The molecule has 1 aromatic heterocycles. The maximum absolute atomic E-state index is 5.17. The van der Waals surface area contributed by atoms with Crippen molar-refractivity contribution in [2.45, 2.75) is 51.9 Å². The van der Waals surface area contributed by atoms with Gasteiger partial charge in [-0.3, -0.25) is 4.98 Å². The quantitative estimate of drug-likeness (QED) is 0.267. The van der Waals surface area contributed by atoms with Crippen LogP contribution in [-0.2, 0) is 19.3 Å². The van der Waals surface area contributed by atoms with Crippen molar-refractivity contribution in [3.8, 4) is 11.3 Å². The predicted octanol–water partition coefficient (Wildman–Crippen LogP) is 8.03. The molecule has 1 heteroatoms. The number of aromatic nitrogens is 1. The van der Waals surface area contributed by atoms with Crippen molar-refractivity contribution in [2.24, 2.45) is 0 Å². The van der Waals surface area contributed by atoms with Crippen LogP contribution in [0.2, 0.25) is 0 Å². The molecule has 0 fully saturated rings. The second-order valence-corrected chi connectivity index (χ2v) is 8.54. The smallest absolute Gasteiger partial charge is 0.0705 e. The van der Waals surface area contributed by atoms with Gasteiger partial charge >= 0.3 is 0 Å². The number of rotatable bonds is 9. The SMILES string of the molecule is CCCc1cccc(CCC)c1CC(c1ccccc1)c1cccc(-c2ccccc2)n1. The van der Waals surface area contributed by atoms with Crippen LogP contribution in [0.1, 0.15) is 60.6 Å². The van der Waals surface area contributed by atoms with Crippen LogP contribution in [-0.4, -0.2) is 4.98 Å². The van der Waals surface area contributed by atoms with Crippen LogP contribution in [0, 0.1) is 0 Å². The van der Waals surface area contributed by atoms with E-state index in [2.05, 4.69) is 111 Å². The summed E-state index contributed by atoms with van der Waals surface area (Å²) in [4.78, 5) is 5.17. The molecule has 32 heavy (non-hydrogen) atoms. The van der Waals surface area contributed by atoms with Gasteiger partial charge < -0.3 is 0 Å². The first-order chi connectivity index (χ1) is 15.8. The molecule has 1 nitrogen and oxygen atoms in total. The van der Waals surface area contributed by atoms with Crippen LogP contribution in [0.5, 0.6) is 0 Å². The highest BCUT2D eigenvalue weighted by Crippen LogP contribution is 2.32. The Morgan fingerprint density at radius 1 is 0.625 bits per heavy atom. The van der Waals surface area contributed by atoms with Gasteiger partial charge in [0, 0.05) is 17.2 Å². The van der Waals surface area contributed by atoms with Gasteiger partial charge in [-0.15, -0.1) is 0 Å². The van der Waals surface area contributed by atoms with Gasteiger partial charge in [-0.25, -0.2) is 0 Å². The van der Waals surface area contributed by atoms with Crippen molar-refractivity contribution in [1.82, 2.24) is 4.98 Å². The maximum atomic E-state index is 5.17. The van der Waals surface area contributed by atoms with Gasteiger partial charge in [0.25, 0.3) is 0 Å². The summed E-state index contributed by atoms with van der Waals surface area (Å²) in [6.07, 6.45) is 5.58. The fourth-order valence-electron chi connectivity index (χ4n) is 4.66. The van der Waals surface area contributed by atoms with Crippen LogP contribution in [0.15, 0.2) is 97.1 Å². The minimum absolute atomic E-state index is 0.230. The van der Waals surface area contributed by atoms with Crippen molar-refractivity contribution in [2.75, 3.05) is 0 Å². The first-order valence-electron chi connectivity index (χ1n) is 12.0. The topological polar surface area (TPSA) is 12.9 Å². The van der Waals surface area contributed by atoms with Gasteiger partial charge in [-0.05, 0) is 53.6 Å². The zero-order valence-electron chi connectivity index (χ0n) is 19.3. The average molecular weight is 420 g/mol. The molecule has 0 aliphatic heterocycles. The normalized spacial score (nSPS) is 11.9. The first kappa shape index (κ1) is 22.0. The highest BCUT2D eigenvalue weighted by Gasteiger charge is 2.20. The summed E-state index contributed by atoms with van der Waals surface area (Å²) in [7, 11) is 0. The minimum Gasteiger partial charge on any atom is -0.252 e. The van der Waals surface area contributed by atoms with Crippen LogP contribution in [0.3, 0.4) is 0 Å². The highest BCUT2D eigenvalue weighted by atomic mass is 14.7. The zero-order valence-corrected chi connectivity index (χ0v) is 19.3. The molecule has 1 atom stereocenters.